The number of benzene rings is 1. The molecule has 1 saturated heterocycles. The minimum Gasteiger partial charge on any atom is -0.480 e. The molecule has 0 atom stereocenters. The summed E-state index contributed by atoms with van der Waals surface area (Å²) in [5, 5.41) is 12.8. The maximum absolute atomic E-state index is 12.9. The number of methoxy groups -OCH3 is 1. The smallest absolute Gasteiger partial charge is 0.274 e. The molecule has 0 unspecified atom stereocenters. The number of amides is 1. The van der Waals surface area contributed by atoms with E-state index < -0.39 is 0 Å². The van der Waals surface area contributed by atoms with Gasteiger partial charge in [-0.15, -0.1) is 10.2 Å². The molecule has 7 nitrogen and oxygen atoms in total. The van der Waals surface area contributed by atoms with Gasteiger partial charge in [0.25, 0.3) is 5.91 Å². The van der Waals surface area contributed by atoms with Crippen LogP contribution in [0.4, 0.5) is 0 Å². The van der Waals surface area contributed by atoms with Crippen molar-refractivity contribution in [2.45, 2.75) is 19.3 Å². The highest BCUT2D eigenvalue weighted by molar-refractivity contribution is 5.93. The maximum Gasteiger partial charge on any atom is 0.274 e. The maximum atomic E-state index is 12.9. The van der Waals surface area contributed by atoms with Crippen molar-refractivity contribution in [3.8, 4) is 23.0 Å². The van der Waals surface area contributed by atoms with E-state index in [1.54, 1.807) is 23.9 Å². The lowest BCUT2D eigenvalue weighted by molar-refractivity contribution is 0.0718. The summed E-state index contributed by atoms with van der Waals surface area (Å²) in [5.74, 6) is 0.927. The highest BCUT2D eigenvalue weighted by Gasteiger charge is 2.23. The van der Waals surface area contributed by atoms with Crippen LogP contribution in [0.1, 0.15) is 29.8 Å². The zero-order valence-corrected chi connectivity index (χ0v) is 15.2. The van der Waals surface area contributed by atoms with E-state index in [0.717, 1.165) is 37.2 Å². The molecule has 4 rings (SSSR count). The van der Waals surface area contributed by atoms with Gasteiger partial charge in [-0.1, -0.05) is 30.3 Å². The molecule has 1 aliphatic rings. The standard InChI is InChI=1S/C20H21N5O2/c1-27-19-11-10-18(21-22-19)25-17(15-8-4-2-5-9-15)14-16(23-25)20(26)24-12-6-3-7-13-24/h2,4-5,8-11,14H,3,6-7,12-13H2,1H3. The molecular weight excluding hydrogens is 342 g/mol. The van der Waals surface area contributed by atoms with Gasteiger partial charge in [-0.05, 0) is 31.4 Å². The van der Waals surface area contributed by atoms with Gasteiger partial charge in [0.05, 0.1) is 12.8 Å². The second-order valence-corrected chi connectivity index (χ2v) is 6.48. The third kappa shape index (κ3) is 3.53. The number of hydrogen-bond donors (Lipinski definition) is 0. The van der Waals surface area contributed by atoms with Crippen LogP contribution in [0.3, 0.4) is 0 Å². The van der Waals surface area contributed by atoms with E-state index in [-0.39, 0.29) is 5.91 Å². The Morgan fingerprint density at radius 1 is 1.00 bits per heavy atom. The molecule has 1 aromatic carbocycles. The fraction of sp³-hybridized carbons (Fsp3) is 0.300. The minimum absolute atomic E-state index is 0.0351. The molecule has 27 heavy (non-hydrogen) atoms. The van der Waals surface area contributed by atoms with Crippen molar-refractivity contribution in [1.29, 1.82) is 0 Å². The summed E-state index contributed by atoms with van der Waals surface area (Å²) in [6.45, 7) is 1.57. The van der Waals surface area contributed by atoms with Gasteiger partial charge < -0.3 is 9.64 Å². The number of ether oxygens (including phenoxy) is 1. The predicted molar refractivity (Wildman–Crippen MR) is 101 cm³/mol. The van der Waals surface area contributed by atoms with Crippen molar-refractivity contribution in [3.63, 3.8) is 0 Å². The van der Waals surface area contributed by atoms with Gasteiger partial charge in [-0.2, -0.15) is 5.10 Å². The van der Waals surface area contributed by atoms with Gasteiger partial charge in [-0.3, -0.25) is 4.79 Å². The highest BCUT2D eigenvalue weighted by atomic mass is 16.5. The Morgan fingerprint density at radius 2 is 1.78 bits per heavy atom. The van der Waals surface area contributed by atoms with Gasteiger partial charge in [0.1, 0.15) is 0 Å². The van der Waals surface area contributed by atoms with Crippen LogP contribution in [-0.2, 0) is 0 Å². The van der Waals surface area contributed by atoms with Crippen LogP contribution in [0.5, 0.6) is 5.88 Å². The second kappa shape index (κ2) is 7.57. The summed E-state index contributed by atoms with van der Waals surface area (Å²) < 4.78 is 6.74. The van der Waals surface area contributed by atoms with Gasteiger partial charge >= 0.3 is 0 Å². The number of rotatable bonds is 4. The number of carbonyl (C=O) groups excluding carboxylic acids is 1. The van der Waals surface area contributed by atoms with Gasteiger partial charge in [0.2, 0.25) is 5.88 Å². The first kappa shape index (κ1) is 17.2. The first-order valence-corrected chi connectivity index (χ1v) is 9.09. The van der Waals surface area contributed by atoms with Crippen molar-refractivity contribution < 1.29 is 9.53 Å². The lowest BCUT2D eigenvalue weighted by Gasteiger charge is -2.25. The second-order valence-electron chi connectivity index (χ2n) is 6.48. The lowest BCUT2D eigenvalue weighted by atomic mass is 10.1. The van der Waals surface area contributed by atoms with Crippen LogP contribution in [0.2, 0.25) is 0 Å². The topological polar surface area (TPSA) is 73.1 Å². The third-order valence-corrected chi connectivity index (χ3v) is 4.69. The lowest BCUT2D eigenvalue weighted by Crippen LogP contribution is -2.35. The van der Waals surface area contributed by atoms with Crippen molar-refractivity contribution >= 4 is 5.91 Å². The van der Waals surface area contributed by atoms with E-state index in [9.17, 15) is 4.79 Å². The summed E-state index contributed by atoms with van der Waals surface area (Å²) in [6.07, 6.45) is 3.26. The molecule has 0 bridgehead atoms. The van der Waals surface area contributed by atoms with Crippen molar-refractivity contribution in [2.75, 3.05) is 20.2 Å². The molecule has 0 aliphatic carbocycles. The number of hydrogen-bond acceptors (Lipinski definition) is 5. The molecule has 0 N–H and O–H groups in total. The zero-order valence-electron chi connectivity index (χ0n) is 15.2. The number of aromatic nitrogens is 4. The Labute approximate surface area is 157 Å². The van der Waals surface area contributed by atoms with Gasteiger partial charge in [-0.25, -0.2) is 4.68 Å². The molecule has 3 aromatic rings. The van der Waals surface area contributed by atoms with Crippen molar-refractivity contribution in [1.82, 2.24) is 24.9 Å². The summed E-state index contributed by atoms with van der Waals surface area (Å²) in [4.78, 5) is 14.8. The molecule has 1 aliphatic heterocycles. The van der Waals surface area contributed by atoms with Crippen LogP contribution in [0.25, 0.3) is 17.1 Å². The fourth-order valence-corrected chi connectivity index (χ4v) is 3.27. The van der Waals surface area contributed by atoms with E-state index in [0.29, 0.717) is 17.4 Å². The van der Waals surface area contributed by atoms with Crippen LogP contribution < -0.4 is 4.74 Å². The highest BCUT2D eigenvalue weighted by Crippen LogP contribution is 2.24. The summed E-state index contributed by atoms with van der Waals surface area (Å²) in [6, 6.07) is 15.2. The van der Waals surface area contributed by atoms with Crippen molar-refractivity contribution in [2.24, 2.45) is 0 Å². The molecule has 2 aromatic heterocycles. The van der Waals surface area contributed by atoms with Crippen LogP contribution in [0, 0.1) is 0 Å². The molecule has 1 fully saturated rings. The van der Waals surface area contributed by atoms with E-state index in [2.05, 4.69) is 15.3 Å². The van der Waals surface area contributed by atoms with Crippen LogP contribution in [-0.4, -0.2) is 51.0 Å². The Morgan fingerprint density at radius 3 is 2.44 bits per heavy atom. The van der Waals surface area contributed by atoms with Crippen molar-refractivity contribution in [3.05, 3.63) is 54.2 Å². The van der Waals surface area contributed by atoms with E-state index in [1.165, 1.54) is 6.42 Å². The number of carbonyl (C=O) groups is 1. The molecule has 0 saturated carbocycles. The monoisotopic (exact) mass is 363 g/mol. The number of likely N-dealkylation sites (tertiary alicyclic amines) is 1. The Balaban J connectivity index is 1.75. The number of piperidine rings is 1. The van der Waals surface area contributed by atoms with Crippen LogP contribution in [0.15, 0.2) is 48.5 Å². The molecule has 3 heterocycles. The quantitative estimate of drug-likeness (QED) is 0.712. The Kier molecular flexibility index (Phi) is 4.82. The average Bonchev–Trinajstić information content (AvgIpc) is 3.20. The summed E-state index contributed by atoms with van der Waals surface area (Å²) in [5.41, 5.74) is 2.18. The molecule has 0 spiro atoms. The normalized spacial score (nSPS) is 14.2. The average molecular weight is 363 g/mol. The summed E-state index contributed by atoms with van der Waals surface area (Å²) in [7, 11) is 1.54. The molecular formula is C20H21N5O2. The fourth-order valence-electron chi connectivity index (χ4n) is 3.27. The van der Waals surface area contributed by atoms with E-state index in [4.69, 9.17) is 4.74 Å². The molecule has 1 amide bonds. The first-order chi connectivity index (χ1) is 13.3. The first-order valence-electron chi connectivity index (χ1n) is 9.09. The van der Waals surface area contributed by atoms with Gasteiger partial charge in [0, 0.05) is 24.7 Å². The number of nitrogens with zero attached hydrogens (tertiary/aromatic N) is 5. The summed E-state index contributed by atoms with van der Waals surface area (Å²) >= 11 is 0. The van der Waals surface area contributed by atoms with E-state index >= 15 is 0 Å². The third-order valence-electron chi connectivity index (χ3n) is 4.69. The Hall–Kier alpha value is -3.22. The Bertz CT molecular complexity index is 915. The van der Waals surface area contributed by atoms with Crippen LogP contribution >= 0.6 is 0 Å². The van der Waals surface area contributed by atoms with Gasteiger partial charge in [0.15, 0.2) is 11.5 Å². The largest absolute Gasteiger partial charge is 0.480 e. The zero-order chi connectivity index (χ0) is 18.6. The molecule has 0 radical (unpaired) electrons. The molecule has 138 valence electrons. The van der Waals surface area contributed by atoms with E-state index in [1.807, 2.05) is 41.3 Å². The molecule has 7 heteroatoms. The minimum atomic E-state index is -0.0351. The predicted octanol–water partition coefficient (Wildman–Crippen LogP) is 2.96. The SMILES string of the molecule is COc1ccc(-n2nc(C(=O)N3CCCCC3)cc2-c2ccccc2)nn1.